The normalized spacial score (nSPS) is 13.0. The summed E-state index contributed by atoms with van der Waals surface area (Å²) in [6, 6.07) is 16.2. The molecule has 1 unspecified atom stereocenters. The van der Waals surface area contributed by atoms with Crippen LogP contribution >= 0.6 is 0 Å². The minimum absolute atomic E-state index is 0.308. The molecule has 0 aliphatic carbocycles. The quantitative estimate of drug-likeness (QED) is 0.781. The third-order valence-electron chi connectivity index (χ3n) is 3.63. The van der Waals surface area contributed by atoms with Gasteiger partial charge in [0.1, 0.15) is 29.8 Å². The lowest BCUT2D eigenvalue weighted by molar-refractivity contribution is 0.0345. The highest BCUT2D eigenvalue weighted by molar-refractivity contribution is 5.38. The van der Waals surface area contributed by atoms with Crippen molar-refractivity contribution in [1.82, 2.24) is 14.8 Å². The van der Waals surface area contributed by atoms with Crippen LogP contribution in [0.2, 0.25) is 0 Å². The molecule has 0 fully saturated rings. The van der Waals surface area contributed by atoms with Gasteiger partial charge in [0.25, 0.3) is 0 Å². The summed E-state index contributed by atoms with van der Waals surface area (Å²) in [5.74, 6) is 1.30. The number of aromatic nitrogens is 3. The van der Waals surface area contributed by atoms with Crippen LogP contribution in [0.4, 0.5) is 0 Å². The number of aliphatic hydroxyl groups is 1. The maximum Gasteiger partial charge on any atom is 0.137 e. The van der Waals surface area contributed by atoms with Gasteiger partial charge in [0.2, 0.25) is 0 Å². The number of hydrogen-bond acceptors (Lipinski definition) is 5. The average Bonchev–Trinajstić information content (AvgIpc) is 3.08. The summed E-state index contributed by atoms with van der Waals surface area (Å²) in [4.78, 5) is 3.87. The molecule has 1 atom stereocenters. The van der Waals surface area contributed by atoms with Crippen molar-refractivity contribution >= 4 is 0 Å². The first-order valence-corrected chi connectivity index (χ1v) is 7.40. The molecule has 0 aliphatic rings. The molecule has 1 aromatic heterocycles. The Kier molecular flexibility index (Phi) is 4.27. The van der Waals surface area contributed by atoms with Crippen LogP contribution in [-0.2, 0) is 12.1 Å². The first-order chi connectivity index (χ1) is 11.6. The van der Waals surface area contributed by atoms with Crippen LogP contribution < -0.4 is 4.74 Å². The van der Waals surface area contributed by atoms with E-state index in [4.69, 9.17) is 10.00 Å². The van der Waals surface area contributed by atoms with Gasteiger partial charge in [-0.05, 0) is 48.9 Å². The molecule has 1 heterocycles. The van der Waals surface area contributed by atoms with E-state index in [1.54, 1.807) is 54.3 Å². The largest absolute Gasteiger partial charge is 0.457 e. The molecule has 0 saturated heterocycles. The van der Waals surface area contributed by atoms with E-state index >= 15 is 0 Å². The Morgan fingerprint density at radius 2 is 1.75 bits per heavy atom. The molecule has 3 aromatic rings. The molecule has 0 saturated carbocycles. The summed E-state index contributed by atoms with van der Waals surface area (Å²) in [7, 11) is 0. The van der Waals surface area contributed by atoms with Crippen molar-refractivity contribution in [3.05, 3.63) is 72.3 Å². The maximum absolute atomic E-state index is 10.6. The van der Waals surface area contributed by atoms with Crippen molar-refractivity contribution in [2.75, 3.05) is 0 Å². The molecular weight excluding hydrogens is 304 g/mol. The fraction of sp³-hybridized carbons (Fsp3) is 0.167. The van der Waals surface area contributed by atoms with Crippen LogP contribution in [0.15, 0.2) is 61.2 Å². The van der Waals surface area contributed by atoms with E-state index in [9.17, 15) is 5.11 Å². The van der Waals surface area contributed by atoms with Crippen LogP contribution in [0, 0.1) is 11.3 Å². The topological polar surface area (TPSA) is 84.0 Å². The van der Waals surface area contributed by atoms with Gasteiger partial charge in [-0.3, -0.25) is 0 Å². The van der Waals surface area contributed by atoms with Gasteiger partial charge >= 0.3 is 0 Å². The summed E-state index contributed by atoms with van der Waals surface area (Å²) in [5.41, 5.74) is 0.271. The first-order valence-electron chi connectivity index (χ1n) is 7.40. The van der Waals surface area contributed by atoms with Crippen LogP contribution in [0.25, 0.3) is 0 Å². The predicted molar refractivity (Wildman–Crippen MR) is 87.3 cm³/mol. The smallest absolute Gasteiger partial charge is 0.137 e. The highest BCUT2D eigenvalue weighted by Crippen LogP contribution is 2.27. The van der Waals surface area contributed by atoms with Crippen molar-refractivity contribution in [3.8, 4) is 17.6 Å². The summed E-state index contributed by atoms with van der Waals surface area (Å²) in [6.07, 6.45) is 3.00. The molecule has 0 spiro atoms. The van der Waals surface area contributed by atoms with E-state index in [1.165, 1.54) is 6.33 Å². The molecule has 0 aliphatic heterocycles. The van der Waals surface area contributed by atoms with Gasteiger partial charge in [0, 0.05) is 0 Å². The fourth-order valence-electron chi connectivity index (χ4n) is 2.34. The lowest BCUT2D eigenvalue weighted by Gasteiger charge is -2.23. The molecule has 24 heavy (non-hydrogen) atoms. The van der Waals surface area contributed by atoms with Crippen molar-refractivity contribution in [2.45, 2.75) is 19.1 Å². The molecule has 0 radical (unpaired) electrons. The van der Waals surface area contributed by atoms with Gasteiger partial charge in [0.05, 0.1) is 18.2 Å². The first kappa shape index (κ1) is 15.7. The summed E-state index contributed by atoms with van der Waals surface area (Å²) in [6.45, 7) is 2.04. The Hall–Kier alpha value is -3.17. The lowest BCUT2D eigenvalue weighted by Crippen LogP contribution is -2.27. The van der Waals surface area contributed by atoms with E-state index in [1.807, 2.05) is 12.1 Å². The zero-order valence-corrected chi connectivity index (χ0v) is 13.1. The molecule has 6 nitrogen and oxygen atoms in total. The number of nitriles is 1. The van der Waals surface area contributed by atoms with Crippen molar-refractivity contribution in [3.63, 3.8) is 0 Å². The Balaban J connectivity index is 1.71. The second kappa shape index (κ2) is 6.52. The van der Waals surface area contributed by atoms with Crippen molar-refractivity contribution in [1.29, 1.82) is 5.26 Å². The Bertz CT molecular complexity index is 832. The number of benzene rings is 2. The number of nitrogens with zero attached hydrogens (tertiary/aromatic N) is 4. The maximum atomic E-state index is 10.6. The van der Waals surface area contributed by atoms with Crippen molar-refractivity contribution in [2.24, 2.45) is 0 Å². The van der Waals surface area contributed by atoms with Gasteiger partial charge in [-0.15, -0.1) is 0 Å². The van der Waals surface area contributed by atoms with Gasteiger partial charge in [-0.1, -0.05) is 12.1 Å². The van der Waals surface area contributed by atoms with Gasteiger partial charge < -0.3 is 9.84 Å². The number of ether oxygens (including phenoxy) is 1. The predicted octanol–water partition coefficient (Wildman–Crippen LogP) is 2.85. The summed E-state index contributed by atoms with van der Waals surface area (Å²) >= 11 is 0. The van der Waals surface area contributed by atoms with Crippen LogP contribution in [0.3, 0.4) is 0 Å². The van der Waals surface area contributed by atoms with Gasteiger partial charge in [0.15, 0.2) is 0 Å². The van der Waals surface area contributed by atoms with E-state index in [2.05, 4.69) is 16.2 Å². The van der Waals surface area contributed by atoms with Crippen LogP contribution in [-0.4, -0.2) is 19.9 Å². The summed E-state index contributed by atoms with van der Waals surface area (Å²) in [5, 5.41) is 23.4. The molecular formula is C18H16N4O2. The molecule has 120 valence electrons. The van der Waals surface area contributed by atoms with Crippen LogP contribution in [0.5, 0.6) is 11.5 Å². The van der Waals surface area contributed by atoms with E-state index in [0.717, 1.165) is 5.56 Å². The van der Waals surface area contributed by atoms with E-state index in [0.29, 0.717) is 23.6 Å². The zero-order chi connectivity index (χ0) is 17.0. The zero-order valence-electron chi connectivity index (χ0n) is 13.1. The number of hydrogen-bond donors (Lipinski definition) is 1. The highest BCUT2D eigenvalue weighted by atomic mass is 16.5. The highest BCUT2D eigenvalue weighted by Gasteiger charge is 2.24. The number of rotatable bonds is 5. The van der Waals surface area contributed by atoms with Crippen molar-refractivity contribution < 1.29 is 9.84 Å². The Labute approximate surface area is 139 Å². The minimum Gasteiger partial charge on any atom is -0.457 e. The van der Waals surface area contributed by atoms with Gasteiger partial charge in [-0.2, -0.15) is 10.4 Å². The molecule has 0 bridgehead atoms. The monoisotopic (exact) mass is 320 g/mol. The molecule has 6 heteroatoms. The molecule has 1 N–H and O–H groups in total. The standard InChI is InChI=1S/C18H16N4O2/c1-18(23,11-22-13-20-12-21-22)15-4-8-17(9-5-15)24-16-6-2-14(10-19)3-7-16/h2-9,12-13,23H,11H2,1H3. The molecule has 0 amide bonds. The lowest BCUT2D eigenvalue weighted by atomic mass is 9.96. The second-order valence-corrected chi connectivity index (χ2v) is 5.63. The van der Waals surface area contributed by atoms with Gasteiger partial charge in [-0.25, -0.2) is 9.67 Å². The molecule has 3 rings (SSSR count). The average molecular weight is 320 g/mol. The Morgan fingerprint density at radius 3 is 2.29 bits per heavy atom. The SMILES string of the molecule is CC(O)(Cn1cncn1)c1ccc(Oc2ccc(C#N)cc2)cc1. The second-order valence-electron chi connectivity index (χ2n) is 5.63. The van der Waals surface area contributed by atoms with E-state index < -0.39 is 5.60 Å². The Morgan fingerprint density at radius 1 is 1.12 bits per heavy atom. The fourth-order valence-corrected chi connectivity index (χ4v) is 2.34. The third kappa shape index (κ3) is 3.59. The van der Waals surface area contributed by atoms with E-state index in [-0.39, 0.29) is 0 Å². The molecule has 2 aromatic carbocycles. The third-order valence-corrected chi connectivity index (χ3v) is 3.63. The summed E-state index contributed by atoms with van der Waals surface area (Å²) < 4.78 is 7.32. The minimum atomic E-state index is -1.07. The van der Waals surface area contributed by atoms with Crippen LogP contribution in [0.1, 0.15) is 18.1 Å².